The zero-order valence-corrected chi connectivity index (χ0v) is 12.2. The highest BCUT2D eigenvalue weighted by Gasteiger charge is 2.03. The van der Waals surface area contributed by atoms with Crippen LogP contribution in [-0.4, -0.2) is 18.1 Å². The van der Waals surface area contributed by atoms with Crippen molar-refractivity contribution in [3.8, 4) is 0 Å². The van der Waals surface area contributed by atoms with E-state index in [4.69, 9.17) is 0 Å². The molecule has 0 aliphatic carbocycles. The van der Waals surface area contributed by atoms with Crippen LogP contribution in [0.3, 0.4) is 0 Å². The molecule has 18 heavy (non-hydrogen) atoms. The van der Waals surface area contributed by atoms with Gasteiger partial charge >= 0.3 is 0 Å². The van der Waals surface area contributed by atoms with Gasteiger partial charge in [-0.1, -0.05) is 34.1 Å². The first kappa shape index (κ1) is 15.0. The molecule has 1 aromatic heterocycles. The van der Waals surface area contributed by atoms with Gasteiger partial charge < -0.3 is 10.6 Å². The summed E-state index contributed by atoms with van der Waals surface area (Å²) in [6.45, 7) is 11.6. The van der Waals surface area contributed by atoms with E-state index in [1.54, 1.807) is 0 Å². The average Bonchev–Trinajstić information content (AvgIpc) is 2.34. The SMILES string of the molecule is CCCc1cc(CNCC)cc(NCC(C)C)n1. The molecule has 0 bridgehead atoms. The Hall–Kier alpha value is -1.09. The lowest BCUT2D eigenvalue weighted by molar-refractivity contribution is 0.685. The highest BCUT2D eigenvalue weighted by Crippen LogP contribution is 2.12. The quantitative estimate of drug-likeness (QED) is 0.743. The van der Waals surface area contributed by atoms with E-state index in [9.17, 15) is 0 Å². The van der Waals surface area contributed by atoms with E-state index in [1.807, 2.05) is 0 Å². The van der Waals surface area contributed by atoms with Crippen molar-refractivity contribution in [1.82, 2.24) is 10.3 Å². The molecule has 0 fully saturated rings. The van der Waals surface area contributed by atoms with Crippen molar-refractivity contribution in [3.05, 3.63) is 23.4 Å². The standard InChI is InChI=1S/C15H27N3/c1-5-7-14-8-13(11-16-6-2)9-15(18-14)17-10-12(3)4/h8-9,12,16H,5-7,10-11H2,1-4H3,(H,17,18). The molecular weight excluding hydrogens is 222 g/mol. The number of pyridine rings is 1. The van der Waals surface area contributed by atoms with Gasteiger partial charge in [0.1, 0.15) is 5.82 Å². The summed E-state index contributed by atoms with van der Waals surface area (Å²) in [4.78, 5) is 4.66. The Morgan fingerprint density at radius 2 is 2.00 bits per heavy atom. The molecule has 0 atom stereocenters. The van der Waals surface area contributed by atoms with Gasteiger partial charge in [-0.05, 0) is 36.6 Å². The maximum absolute atomic E-state index is 4.66. The third-order valence-corrected chi connectivity index (χ3v) is 2.71. The molecule has 1 heterocycles. The summed E-state index contributed by atoms with van der Waals surface area (Å²) in [7, 11) is 0. The van der Waals surface area contributed by atoms with Crippen LogP contribution >= 0.6 is 0 Å². The molecule has 3 heteroatoms. The van der Waals surface area contributed by atoms with E-state index in [1.165, 1.54) is 11.3 Å². The normalized spacial score (nSPS) is 10.9. The Bertz CT molecular complexity index is 348. The molecule has 0 spiro atoms. The molecule has 0 aliphatic rings. The van der Waals surface area contributed by atoms with Gasteiger partial charge in [0.25, 0.3) is 0 Å². The number of nitrogens with zero attached hydrogens (tertiary/aromatic N) is 1. The largest absolute Gasteiger partial charge is 0.370 e. The molecule has 0 aliphatic heterocycles. The predicted octanol–water partition coefficient (Wildman–Crippen LogP) is 3.21. The van der Waals surface area contributed by atoms with Crippen LogP contribution in [-0.2, 0) is 13.0 Å². The van der Waals surface area contributed by atoms with Crippen LogP contribution in [0.4, 0.5) is 5.82 Å². The topological polar surface area (TPSA) is 37.0 Å². The summed E-state index contributed by atoms with van der Waals surface area (Å²) in [6, 6.07) is 4.37. The number of nitrogens with one attached hydrogen (secondary N) is 2. The van der Waals surface area contributed by atoms with Crippen molar-refractivity contribution in [1.29, 1.82) is 0 Å². The van der Waals surface area contributed by atoms with E-state index in [-0.39, 0.29) is 0 Å². The van der Waals surface area contributed by atoms with Gasteiger partial charge in [0.05, 0.1) is 0 Å². The summed E-state index contributed by atoms with van der Waals surface area (Å²) in [5, 5.41) is 6.79. The fourth-order valence-corrected chi connectivity index (χ4v) is 1.81. The third kappa shape index (κ3) is 5.50. The lowest BCUT2D eigenvalue weighted by atomic mass is 10.1. The maximum atomic E-state index is 4.66. The van der Waals surface area contributed by atoms with Gasteiger partial charge in [0, 0.05) is 18.8 Å². The number of rotatable bonds is 8. The van der Waals surface area contributed by atoms with E-state index in [0.29, 0.717) is 5.92 Å². The minimum Gasteiger partial charge on any atom is -0.370 e. The van der Waals surface area contributed by atoms with Crippen molar-refractivity contribution >= 4 is 5.82 Å². The summed E-state index contributed by atoms with van der Waals surface area (Å²) < 4.78 is 0. The molecule has 1 rings (SSSR count). The number of hydrogen-bond donors (Lipinski definition) is 2. The Morgan fingerprint density at radius 3 is 2.61 bits per heavy atom. The molecule has 2 N–H and O–H groups in total. The molecule has 3 nitrogen and oxygen atoms in total. The Kier molecular flexibility index (Phi) is 6.73. The number of aromatic nitrogens is 1. The van der Waals surface area contributed by atoms with Crippen molar-refractivity contribution in [2.45, 2.75) is 47.1 Å². The van der Waals surface area contributed by atoms with Crippen molar-refractivity contribution in [2.24, 2.45) is 5.92 Å². The van der Waals surface area contributed by atoms with Crippen LogP contribution < -0.4 is 10.6 Å². The van der Waals surface area contributed by atoms with Gasteiger partial charge in [-0.2, -0.15) is 0 Å². The second-order valence-electron chi connectivity index (χ2n) is 5.16. The molecule has 0 amide bonds. The Morgan fingerprint density at radius 1 is 1.22 bits per heavy atom. The summed E-state index contributed by atoms with van der Waals surface area (Å²) in [6.07, 6.45) is 2.19. The molecule has 0 saturated heterocycles. The van der Waals surface area contributed by atoms with Crippen molar-refractivity contribution in [3.63, 3.8) is 0 Å². The van der Waals surface area contributed by atoms with Gasteiger partial charge in [-0.3, -0.25) is 0 Å². The highest BCUT2D eigenvalue weighted by molar-refractivity contribution is 5.39. The number of aryl methyl sites for hydroxylation is 1. The van der Waals surface area contributed by atoms with Crippen LogP contribution in [0.5, 0.6) is 0 Å². The van der Waals surface area contributed by atoms with Gasteiger partial charge in [0.2, 0.25) is 0 Å². The van der Waals surface area contributed by atoms with Crippen LogP contribution in [0, 0.1) is 5.92 Å². The molecule has 102 valence electrons. The molecule has 0 unspecified atom stereocenters. The van der Waals surface area contributed by atoms with Crippen LogP contribution in [0.1, 0.15) is 45.4 Å². The van der Waals surface area contributed by atoms with Crippen molar-refractivity contribution in [2.75, 3.05) is 18.4 Å². The Balaban J connectivity index is 2.76. The number of hydrogen-bond acceptors (Lipinski definition) is 3. The van der Waals surface area contributed by atoms with Crippen LogP contribution in [0.15, 0.2) is 12.1 Å². The first-order valence-corrected chi connectivity index (χ1v) is 7.10. The summed E-state index contributed by atoms with van der Waals surface area (Å²) >= 11 is 0. The lowest BCUT2D eigenvalue weighted by Crippen LogP contribution is -2.14. The maximum Gasteiger partial charge on any atom is 0.126 e. The van der Waals surface area contributed by atoms with E-state index in [0.717, 1.165) is 38.3 Å². The zero-order chi connectivity index (χ0) is 13.4. The molecule has 1 aromatic rings. The van der Waals surface area contributed by atoms with Crippen molar-refractivity contribution < 1.29 is 0 Å². The molecular formula is C15H27N3. The zero-order valence-electron chi connectivity index (χ0n) is 12.2. The molecule has 0 radical (unpaired) electrons. The van der Waals surface area contributed by atoms with Gasteiger partial charge in [-0.15, -0.1) is 0 Å². The van der Waals surface area contributed by atoms with Crippen LogP contribution in [0.2, 0.25) is 0 Å². The monoisotopic (exact) mass is 249 g/mol. The highest BCUT2D eigenvalue weighted by atomic mass is 15.0. The number of anilines is 1. The van der Waals surface area contributed by atoms with Gasteiger partial charge in [-0.25, -0.2) is 4.98 Å². The molecule has 0 aromatic carbocycles. The average molecular weight is 249 g/mol. The summed E-state index contributed by atoms with van der Waals surface area (Å²) in [5.74, 6) is 1.65. The third-order valence-electron chi connectivity index (χ3n) is 2.71. The first-order valence-electron chi connectivity index (χ1n) is 7.10. The van der Waals surface area contributed by atoms with E-state index >= 15 is 0 Å². The Labute approximate surface area is 111 Å². The minimum absolute atomic E-state index is 0.638. The summed E-state index contributed by atoms with van der Waals surface area (Å²) in [5.41, 5.74) is 2.51. The van der Waals surface area contributed by atoms with Crippen LogP contribution in [0.25, 0.3) is 0 Å². The second-order valence-corrected chi connectivity index (χ2v) is 5.16. The second kappa shape index (κ2) is 8.09. The minimum atomic E-state index is 0.638. The fourth-order valence-electron chi connectivity index (χ4n) is 1.81. The lowest BCUT2D eigenvalue weighted by Gasteiger charge is -2.12. The predicted molar refractivity (Wildman–Crippen MR) is 78.9 cm³/mol. The smallest absolute Gasteiger partial charge is 0.126 e. The molecule has 0 saturated carbocycles. The van der Waals surface area contributed by atoms with E-state index in [2.05, 4.69) is 55.4 Å². The van der Waals surface area contributed by atoms with E-state index < -0.39 is 0 Å². The first-order chi connectivity index (χ1) is 8.65. The van der Waals surface area contributed by atoms with Gasteiger partial charge in [0.15, 0.2) is 0 Å². The fraction of sp³-hybridized carbons (Fsp3) is 0.667.